The van der Waals surface area contributed by atoms with Crippen LogP contribution in [0.15, 0.2) is 42.5 Å². The minimum absolute atomic E-state index is 0.0377. The third kappa shape index (κ3) is 4.63. The van der Waals surface area contributed by atoms with E-state index in [0.717, 1.165) is 11.1 Å². The maximum Gasteiger partial charge on any atom is 0.357 e. The number of urea groups is 1. The SMILES string of the molecule is NC(=O)NO.O=C(O)c1nn(Cc2ccc(Cl)cc2Cl)c2ccccc12. The Bertz CT molecular complexity index is 959. The van der Waals surface area contributed by atoms with Gasteiger partial charge in [-0.2, -0.15) is 5.10 Å². The first kappa shape index (κ1) is 19.5. The van der Waals surface area contributed by atoms with E-state index in [0.29, 0.717) is 22.0 Å². The normalized spacial score (nSPS) is 10.1. The summed E-state index contributed by atoms with van der Waals surface area (Å²) in [5.74, 6) is -1.05. The summed E-state index contributed by atoms with van der Waals surface area (Å²) in [4.78, 5) is 20.5. The summed E-state index contributed by atoms with van der Waals surface area (Å²) in [5, 5.41) is 22.5. The lowest BCUT2D eigenvalue weighted by Crippen LogP contribution is -2.25. The van der Waals surface area contributed by atoms with E-state index in [-0.39, 0.29) is 5.69 Å². The Morgan fingerprint density at radius 3 is 2.42 bits per heavy atom. The minimum atomic E-state index is -1.05. The first-order valence-corrected chi connectivity index (χ1v) is 7.91. The molecule has 3 rings (SSSR count). The van der Waals surface area contributed by atoms with Gasteiger partial charge in [-0.25, -0.2) is 15.1 Å². The van der Waals surface area contributed by atoms with Gasteiger partial charge in [-0.05, 0) is 23.8 Å². The van der Waals surface area contributed by atoms with Crippen LogP contribution in [0.2, 0.25) is 10.0 Å². The highest BCUT2D eigenvalue weighted by Gasteiger charge is 2.16. The van der Waals surface area contributed by atoms with Gasteiger partial charge in [-0.3, -0.25) is 9.89 Å². The predicted octanol–water partition coefficient (Wildman–Crippen LogP) is 3.13. The Morgan fingerprint density at radius 1 is 1.19 bits per heavy atom. The topological polar surface area (TPSA) is 130 Å². The van der Waals surface area contributed by atoms with Crippen LogP contribution in [0.25, 0.3) is 10.9 Å². The lowest BCUT2D eigenvalue weighted by Gasteiger charge is -2.06. The first-order chi connectivity index (χ1) is 12.3. The smallest absolute Gasteiger partial charge is 0.357 e. The Kier molecular flexibility index (Phi) is 6.40. The fourth-order valence-corrected chi connectivity index (χ4v) is 2.69. The number of primary amides is 1. The van der Waals surface area contributed by atoms with Crippen molar-refractivity contribution in [3.8, 4) is 0 Å². The number of benzene rings is 2. The van der Waals surface area contributed by atoms with Crippen LogP contribution >= 0.6 is 23.2 Å². The zero-order valence-corrected chi connectivity index (χ0v) is 14.7. The van der Waals surface area contributed by atoms with Crippen LogP contribution in [0.1, 0.15) is 16.1 Å². The number of halogens is 2. The summed E-state index contributed by atoms with van der Waals surface area (Å²) in [6.45, 7) is 0.379. The van der Waals surface area contributed by atoms with Crippen molar-refractivity contribution in [1.29, 1.82) is 0 Å². The minimum Gasteiger partial charge on any atom is -0.476 e. The quantitative estimate of drug-likeness (QED) is 0.398. The molecule has 2 aromatic carbocycles. The molecular weight excluding hydrogens is 383 g/mol. The number of carbonyl (C=O) groups is 2. The lowest BCUT2D eigenvalue weighted by molar-refractivity contribution is 0.0691. The second-order valence-electron chi connectivity index (χ2n) is 5.04. The van der Waals surface area contributed by atoms with Crippen molar-refractivity contribution in [1.82, 2.24) is 15.3 Å². The number of carboxylic acid groups (broad SMARTS) is 1. The highest BCUT2D eigenvalue weighted by atomic mass is 35.5. The van der Waals surface area contributed by atoms with Gasteiger partial charge < -0.3 is 10.8 Å². The first-order valence-electron chi connectivity index (χ1n) is 7.15. The van der Waals surface area contributed by atoms with E-state index in [2.05, 4.69) is 10.8 Å². The highest BCUT2D eigenvalue weighted by molar-refractivity contribution is 6.35. The van der Waals surface area contributed by atoms with Gasteiger partial charge in [0.15, 0.2) is 5.69 Å². The van der Waals surface area contributed by atoms with Crippen LogP contribution in [0, 0.1) is 0 Å². The molecule has 0 aliphatic carbocycles. The number of carbonyl (C=O) groups excluding carboxylic acids is 1. The van der Waals surface area contributed by atoms with Crippen molar-refractivity contribution in [3.63, 3.8) is 0 Å². The molecule has 0 saturated carbocycles. The van der Waals surface area contributed by atoms with Crippen molar-refractivity contribution in [2.75, 3.05) is 0 Å². The van der Waals surface area contributed by atoms with Crippen LogP contribution in [0.4, 0.5) is 4.79 Å². The summed E-state index contributed by atoms with van der Waals surface area (Å²) in [7, 11) is 0. The van der Waals surface area contributed by atoms with E-state index in [4.69, 9.17) is 28.4 Å². The fraction of sp³-hybridized carbons (Fsp3) is 0.0625. The third-order valence-electron chi connectivity index (χ3n) is 3.31. The fourth-order valence-electron chi connectivity index (χ4n) is 2.22. The number of nitrogens with two attached hydrogens (primary N) is 1. The van der Waals surface area contributed by atoms with Crippen molar-refractivity contribution in [2.24, 2.45) is 5.73 Å². The molecule has 0 aliphatic heterocycles. The van der Waals surface area contributed by atoms with E-state index < -0.39 is 12.0 Å². The molecule has 0 fully saturated rings. The number of hydroxylamine groups is 1. The second-order valence-corrected chi connectivity index (χ2v) is 5.88. The number of amides is 2. The summed E-state index contributed by atoms with van der Waals surface area (Å²) in [6, 6.07) is 11.5. The monoisotopic (exact) mass is 396 g/mol. The van der Waals surface area contributed by atoms with Crippen LogP contribution in [0.3, 0.4) is 0 Å². The van der Waals surface area contributed by atoms with Crippen molar-refractivity contribution in [3.05, 3.63) is 63.8 Å². The van der Waals surface area contributed by atoms with E-state index >= 15 is 0 Å². The molecule has 1 aromatic heterocycles. The zero-order valence-electron chi connectivity index (χ0n) is 13.2. The van der Waals surface area contributed by atoms with Gasteiger partial charge in [0.05, 0.1) is 12.1 Å². The summed E-state index contributed by atoms with van der Waals surface area (Å²) >= 11 is 12.0. The van der Waals surface area contributed by atoms with Gasteiger partial charge in [-0.15, -0.1) is 0 Å². The molecule has 0 saturated heterocycles. The van der Waals surface area contributed by atoms with Crippen LogP contribution in [-0.4, -0.2) is 32.1 Å². The Hall–Kier alpha value is -2.81. The molecule has 136 valence electrons. The number of nitrogens with one attached hydrogen (secondary N) is 1. The van der Waals surface area contributed by atoms with E-state index in [1.54, 1.807) is 28.9 Å². The average Bonchev–Trinajstić information content (AvgIpc) is 2.97. The number of hydrogen-bond acceptors (Lipinski definition) is 4. The summed E-state index contributed by atoms with van der Waals surface area (Å²) in [6.07, 6.45) is 0. The Labute approximate surface area is 157 Å². The van der Waals surface area contributed by atoms with E-state index in [9.17, 15) is 14.7 Å². The molecule has 0 aliphatic rings. The molecule has 0 spiro atoms. The molecule has 8 nitrogen and oxygen atoms in total. The van der Waals surface area contributed by atoms with Gasteiger partial charge in [0.25, 0.3) is 0 Å². The maximum atomic E-state index is 11.3. The molecule has 1 heterocycles. The molecule has 0 bridgehead atoms. The van der Waals surface area contributed by atoms with Gasteiger partial charge >= 0.3 is 12.0 Å². The molecule has 0 unspecified atom stereocenters. The van der Waals surface area contributed by atoms with E-state index in [1.165, 1.54) is 5.48 Å². The largest absolute Gasteiger partial charge is 0.476 e. The third-order valence-corrected chi connectivity index (χ3v) is 3.89. The van der Waals surface area contributed by atoms with E-state index in [1.807, 2.05) is 18.2 Å². The van der Waals surface area contributed by atoms with Crippen LogP contribution in [0.5, 0.6) is 0 Å². The number of nitrogens with zero attached hydrogens (tertiary/aromatic N) is 2. The van der Waals surface area contributed by atoms with Gasteiger partial charge in [-0.1, -0.05) is 47.5 Å². The number of carboxylic acids is 1. The number of rotatable bonds is 3. The number of para-hydroxylation sites is 1. The van der Waals surface area contributed by atoms with Gasteiger partial charge in [0, 0.05) is 15.4 Å². The van der Waals surface area contributed by atoms with Crippen LogP contribution < -0.4 is 11.2 Å². The standard InChI is InChI=1S/C15H10Cl2N2O2.CH4N2O2/c16-10-6-5-9(12(17)7-10)8-19-13-4-2-1-3-11(13)14(18-19)15(20)21;2-1(4)3-5/h1-7H,8H2,(H,20,21);5H,(H3,2,3,4). The molecule has 3 aromatic rings. The molecule has 10 heteroatoms. The van der Waals surface area contributed by atoms with Crippen LogP contribution in [-0.2, 0) is 6.54 Å². The summed E-state index contributed by atoms with van der Waals surface area (Å²) < 4.78 is 1.63. The molecule has 0 radical (unpaired) electrons. The Morgan fingerprint density at radius 2 is 1.85 bits per heavy atom. The molecular formula is C16H14Cl2N4O4. The van der Waals surface area contributed by atoms with Gasteiger partial charge in [0.2, 0.25) is 0 Å². The number of aromatic nitrogens is 2. The second kappa shape index (κ2) is 8.52. The number of fused-ring (bicyclic) bond motifs is 1. The lowest BCUT2D eigenvalue weighted by atomic mass is 10.2. The molecule has 0 atom stereocenters. The average molecular weight is 397 g/mol. The number of hydrogen-bond donors (Lipinski definition) is 4. The highest BCUT2D eigenvalue weighted by Crippen LogP contribution is 2.24. The predicted molar refractivity (Wildman–Crippen MR) is 96.8 cm³/mol. The molecule has 26 heavy (non-hydrogen) atoms. The molecule has 5 N–H and O–H groups in total. The molecule has 2 amide bonds. The van der Waals surface area contributed by atoms with Crippen molar-refractivity contribution in [2.45, 2.75) is 6.54 Å². The van der Waals surface area contributed by atoms with Crippen molar-refractivity contribution < 1.29 is 19.9 Å². The van der Waals surface area contributed by atoms with Gasteiger partial charge in [0.1, 0.15) is 0 Å². The summed E-state index contributed by atoms with van der Waals surface area (Å²) in [5.41, 5.74) is 7.07. The zero-order chi connectivity index (χ0) is 19.3. The maximum absolute atomic E-state index is 11.3. The van der Waals surface area contributed by atoms with Crippen molar-refractivity contribution >= 4 is 46.1 Å². The number of aromatic carboxylic acids is 1. The Balaban J connectivity index is 0.000000431.